The minimum absolute atomic E-state index is 0.114. The van der Waals surface area contributed by atoms with E-state index >= 15 is 0 Å². The second kappa shape index (κ2) is 6.38. The third-order valence-corrected chi connectivity index (χ3v) is 4.49. The third-order valence-electron chi connectivity index (χ3n) is 4.49. The second-order valence-corrected chi connectivity index (χ2v) is 6.35. The Bertz CT molecular complexity index is 546. The molecule has 0 radical (unpaired) electrons. The second-order valence-electron chi connectivity index (χ2n) is 6.35. The average molecular weight is 286 g/mol. The van der Waals surface area contributed by atoms with E-state index in [4.69, 9.17) is 0 Å². The van der Waals surface area contributed by atoms with Gasteiger partial charge >= 0.3 is 0 Å². The Balaban J connectivity index is 2.44. The first kappa shape index (κ1) is 15.7. The summed E-state index contributed by atoms with van der Waals surface area (Å²) in [6, 6.07) is 3.61. The molecule has 0 heterocycles. The van der Waals surface area contributed by atoms with E-state index in [2.05, 4.69) is 26.5 Å². The van der Waals surface area contributed by atoms with Crippen LogP contribution < -0.4 is 0 Å². The smallest absolute Gasteiger partial charge is 0.123 e. The van der Waals surface area contributed by atoms with Crippen LogP contribution in [0.2, 0.25) is 0 Å². The Morgan fingerprint density at radius 1 is 1.29 bits per heavy atom. The number of aryl methyl sites for hydroxylation is 1. The number of hydrogen-bond acceptors (Lipinski definition) is 2. The Labute approximate surface area is 127 Å². The van der Waals surface area contributed by atoms with Crippen molar-refractivity contribution >= 4 is 0 Å². The van der Waals surface area contributed by atoms with Gasteiger partial charge in [-0.1, -0.05) is 37.1 Å². The molecule has 0 fully saturated rings. The fourth-order valence-electron chi connectivity index (χ4n) is 3.41. The molecule has 0 spiro atoms. The quantitative estimate of drug-likeness (QED) is 0.759. The summed E-state index contributed by atoms with van der Waals surface area (Å²) in [6.45, 7) is 10.3. The largest absolute Gasteiger partial charge is 0.508 e. The van der Waals surface area contributed by atoms with E-state index in [0.717, 1.165) is 36.8 Å². The number of phenols is 2. The van der Waals surface area contributed by atoms with E-state index < -0.39 is 0 Å². The summed E-state index contributed by atoms with van der Waals surface area (Å²) in [5, 5.41) is 20.9. The molecule has 0 aromatic heterocycles. The number of benzene rings is 1. The number of phenolic OH excluding ortho intramolecular Hbond substituents is 2. The van der Waals surface area contributed by atoms with Crippen LogP contribution >= 0.6 is 0 Å². The summed E-state index contributed by atoms with van der Waals surface area (Å²) in [7, 11) is 0. The standard InChI is InChI=1S/C19H26O2/c1-5-6-14-10-17(20)19(18(21)11-14)16-9-13(4)7-8-15(16)12(2)3/h7,10-11,15-16,20-21H,2,5-6,8-9H2,1,3-4H3/t15-,16+/m0/s1. The zero-order valence-corrected chi connectivity index (χ0v) is 13.3. The predicted molar refractivity (Wildman–Crippen MR) is 87.8 cm³/mol. The summed E-state index contributed by atoms with van der Waals surface area (Å²) in [5.41, 5.74) is 4.11. The predicted octanol–water partition coefficient (Wildman–Crippen LogP) is 5.07. The van der Waals surface area contributed by atoms with E-state index in [9.17, 15) is 10.2 Å². The van der Waals surface area contributed by atoms with Gasteiger partial charge in [-0.25, -0.2) is 0 Å². The van der Waals surface area contributed by atoms with Crippen LogP contribution in [0.25, 0.3) is 0 Å². The SMILES string of the molecule is C=C(C)[C@@H]1CC=C(C)C[C@H]1c1c(O)cc(CCC)cc1O. The van der Waals surface area contributed by atoms with Gasteiger partial charge < -0.3 is 10.2 Å². The first-order valence-electron chi connectivity index (χ1n) is 7.79. The lowest BCUT2D eigenvalue weighted by Gasteiger charge is -2.32. The normalized spacial score (nSPS) is 22.0. The van der Waals surface area contributed by atoms with Crippen molar-refractivity contribution in [1.29, 1.82) is 0 Å². The van der Waals surface area contributed by atoms with Gasteiger partial charge in [0.15, 0.2) is 0 Å². The molecule has 0 aliphatic heterocycles. The van der Waals surface area contributed by atoms with Crippen molar-refractivity contribution < 1.29 is 10.2 Å². The molecular formula is C19H26O2. The molecule has 1 aromatic carbocycles. The highest BCUT2D eigenvalue weighted by molar-refractivity contribution is 5.50. The maximum atomic E-state index is 10.4. The maximum absolute atomic E-state index is 10.4. The van der Waals surface area contributed by atoms with E-state index in [1.807, 2.05) is 19.1 Å². The van der Waals surface area contributed by atoms with Crippen molar-refractivity contribution in [2.45, 2.75) is 52.4 Å². The Morgan fingerprint density at radius 2 is 1.90 bits per heavy atom. The minimum atomic E-state index is 0.114. The van der Waals surface area contributed by atoms with Crippen molar-refractivity contribution in [1.82, 2.24) is 0 Å². The van der Waals surface area contributed by atoms with E-state index in [1.165, 1.54) is 5.57 Å². The van der Waals surface area contributed by atoms with Gasteiger partial charge in [-0.2, -0.15) is 0 Å². The van der Waals surface area contributed by atoms with Crippen LogP contribution in [0.5, 0.6) is 11.5 Å². The van der Waals surface area contributed by atoms with Crippen LogP contribution in [0, 0.1) is 5.92 Å². The lowest BCUT2D eigenvalue weighted by atomic mass is 9.72. The monoisotopic (exact) mass is 286 g/mol. The number of hydrogen-bond donors (Lipinski definition) is 2. The topological polar surface area (TPSA) is 40.5 Å². The first-order chi connectivity index (χ1) is 9.93. The molecule has 2 N–H and O–H groups in total. The molecule has 0 saturated carbocycles. The zero-order chi connectivity index (χ0) is 15.6. The van der Waals surface area contributed by atoms with Crippen LogP contribution in [-0.4, -0.2) is 10.2 Å². The van der Waals surface area contributed by atoms with Gasteiger partial charge in [-0.05, 0) is 56.7 Å². The summed E-state index contributed by atoms with van der Waals surface area (Å²) in [5.74, 6) is 0.847. The van der Waals surface area contributed by atoms with E-state index in [0.29, 0.717) is 5.56 Å². The lowest BCUT2D eigenvalue weighted by Crippen LogP contribution is -2.18. The summed E-state index contributed by atoms with van der Waals surface area (Å²) < 4.78 is 0. The van der Waals surface area contributed by atoms with Crippen molar-refractivity contribution in [3.05, 3.63) is 47.1 Å². The highest BCUT2D eigenvalue weighted by atomic mass is 16.3. The molecule has 0 unspecified atom stereocenters. The van der Waals surface area contributed by atoms with Gasteiger partial charge in [0.05, 0.1) is 0 Å². The Morgan fingerprint density at radius 3 is 2.43 bits per heavy atom. The minimum Gasteiger partial charge on any atom is -0.508 e. The molecule has 0 saturated heterocycles. The summed E-state index contributed by atoms with van der Waals surface area (Å²) in [6.07, 6.45) is 5.91. The first-order valence-corrected chi connectivity index (χ1v) is 7.79. The number of allylic oxidation sites excluding steroid dienone is 3. The Hall–Kier alpha value is -1.70. The van der Waals surface area contributed by atoms with Gasteiger partial charge in [-0.15, -0.1) is 0 Å². The molecule has 2 atom stereocenters. The molecule has 1 aromatic rings. The molecule has 114 valence electrons. The van der Waals surface area contributed by atoms with Gasteiger partial charge in [0.1, 0.15) is 11.5 Å². The fourth-order valence-corrected chi connectivity index (χ4v) is 3.41. The summed E-state index contributed by atoms with van der Waals surface area (Å²) in [4.78, 5) is 0. The van der Waals surface area contributed by atoms with Crippen LogP contribution in [0.4, 0.5) is 0 Å². The van der Waals surface area contributed by atoms with Crippen molar-refractivity contribution in [3.63, 3.8) is 0 Å². The molecule has 1 aliphatic carbocycles. The van der Waals surface area contributed by atoms with E-state index in [1.54, 1.807) is 0 Å². The Kier molecular flexibility index (Phi) is 4.76. The molecule has 0 bridgehead atoms. The molecular weight excluding hydrogens is 260 g/mol. The van der Waals surface area contributed by atoms with Gasteiger partial charge in [0.2, 0.25) is 0 Å². The summed E-state index contributed by atoms with van der Waals surface area (Å²) >= 11 is 0. The van der Waals surface area contributed by atoms with Crippen LogP contribution in [-0.2, 0) is 6.42 Å². The molecule has 2 rings (SSSR count). The van der Waals surface area contributed by atoms with Crippen LogP contribution in [0.3, 0.4) is 0 Å². The van der Waals surface area contributed by atoms with Crippen molar-refractivity contribution in [2.24, 2.45) is 5.92 Å². The molecule has 0 amide bonds. The molecule has 1 aliphatic rings. The third kappa shape index (κ3) is 3.31. The zero-order valence-electron chi connectivity index (χ0n) is 13.3. The highest BCUT2D eigenvalue weighted by Crippen LogP contribution is 2.47. The molecule has 2 nitrogen and oxygen atoms in total. The average Bonchev–Trinajstić information content (AvgIpc) is 2.38. The van der Waals surface area contributed by atoms with Gasteiger partial charge in [0, 0.05) is 11.5 Å². The van der Waals surface area contributed by atoms with Crippen LogP contribution in [0.15, 0.2) is 35.9 Å². The molecule has 2 heteroatoms. The van der Waals surface area contributed by atoms with Crippen LogP contribution in [0.1, 0.15) is 57.1 Å². The molecule has 21 heavy (non-hydrogen) atoms. The fraction of sp³-hybridized carbons (Fsp3) is 0.474. The number of rotatable bonds is 4. The lowest BCUT2D eigenvalue weighted by molar-refractivity contribution is 0.391. The maximum Gasteiger partial charge on any atom is 0.123 e. The highest BCUT2D eigenvalue weighted by Gasteiger charge is 2.30. The van der Waals surface area contributed by atoms with Crippen molar-refractivity contribution in [3.8, 4) is 11.5 Å². The van der Waals surface area contributed by atoms with Gasteiger partial charge in [0.25, 0.3) is 0 Å². The van der Waals surface area contributed by atoms with E-state index in [-0.39, 0.29) is 23.3 Å². The van der Waals surface area contributed by atoms with Gasteiger partial charge in [-0.3, -0.25) is 0 Å². The number of aromatic hydroxyl groups is 2. The van der Waals surface area contributed by atoms with Crippen molar-refractivity contribution in [2.75, 3.05) is 0 Å².